The van der Waals surface area contributed by atoms with Gasteiger partial charge >= 0.3 is 6.18 Å². The molecule has 0 radical (unpaired) electrons. The molecule has 2 heterocycles. The number of benzene rings is 1. The first-order valence-corrected chi connectivity index (χ1v) is 10.4. The average Bonchev–Trinajstić information content (AvgIpc) is 3.18. The Hall–Kier alpha value is -3.05. The van der Waals surface area contributed by atoms with Crippen molar-refractivity contribution in [3.8, 4) is 0 Å². The fourth-order valence-electron chi connectivity index (χ4n) is 2.57. The van der Waals surface area contributed by atoms with E-state index < -0.39 is 11.7 Å². The molecule has 0 unspecified atom stereocenters. The van der Waals surface area contributed by atoms with E-state index in [1.807, 2.05) is 37.4 Å². The number of aromatic nitrogens is 2. The van der Waals surface area contributed by atoms with Crippen molar-refractivity contribution in [2.45, 2.75) is 26.6 Å². The van der Waals surface area contributed by atoms with Crippen molar-refractivity contribution < 1.29 is 13.2 Å². The standard InChI is InChI=1S/C20H19F3N6S2/c1-12-10-13(2)26-18(25-12)28-17(24-11-16-4-3-9-31-16)29-19(30)27-15-7-5-14(6-8-15)20(21,22)23/h3-10H,11H2,1-2H3,(H3,24,25,26,27,28,29,30). The number of hydrogen-bond acceptors (Lipinski definition) is 5. The molecule has 6 nitrogen and oxygen atoms in total. The second kappa shape index (κ2) is 9.84. The zero-order valence-corrected chi connectivity index (χ0v) is 18.3. The monoisotopic (exact) mass is 464 g/mol. The van der Waals surface area contributed by atoms with E-state index in [4.69, 9.17) is 12.2 Å². The molecule has 0 bridgehead atoms. The maximum Gasteiger partial charge on any atom is 0.416 e. The largest absolute Gasteiger partial charge is 0.416 e. The number of thiophene rings is 1. The lowest BCUT2D eigenvalue weighted by Crippen LogP contribution is -2.39. The zero-order valence-electron chi connectivity index (χ0n) is 16.6. The minimum atomic E-state index is -4.39. The van der Waals surface area contributed by atoms with Crippen molar-refractivity contribution in [1.82, 2.24) is 15.3 Å². The van der Waals surface area contributed by atoms with Crippen molar-refractivity contribution in [1.29, 1.82) is 0 Å². The summed E-state index contributed by atoms with van der Waals surface area (Å²) in [5.41, 5.74) is 1.26. The SMILES string of the molecule is Cc1cc(C)nc(NC(=NCc2cccs2)NC(=S)Nc2ccc(C(F)(F)F)cc2)n1. The third-order valence-corrected chi connectivity index (χ3v) is 4.95. The predicted molar refractivity (Wildman–Crippen MR) is 121 cm³/mol. The van der Waals surface area contributed by atoms with Crippen molar-refractivity contribution in [3.05, 3.63) is 69.7 Å². The van der Waals surface area contributed by atoms with Gasteiger partial charge in [0, 0.05) is 22.0 Å². The normalized spacial score (nSPS) is 11.8. The Kier molecular flexibility index (Phi) is 7.18. The van der Waals surface area contributed by atoms with Gasteiger partial charge in [0.25, 0.3) is 0 Å². The van der Waals surface area contributed by atoms with Crippen LogP contribution in [0.25, 0.3) is 0 Å². The van der Waals surface area contributed by atoms with Gasteiger partial charge in [0.2, 0.25) is 11.9 Å². The molecule has 0 aliphatic heterocycles. The van der Waals surface area contributed by atoms with E-state index in [2.05, 4.69) is 30.9 Å². The summed E-state index contributed by atoms with van der Waals surface area (Å²) in [6.07, 6.45) is -4.39. The highest BCUT2D eigenvalue weighted by molar-refractivity contribution is 7.80. The van der Waals surface area contributed by atoms with Gasteiger partial charge in [0.05, 0.1) is 12.1 Å². The highest BCUT2D eigenvalue weighted by Crippen LogP contribution is 2.29. The molecule has 31 heavy (non-hydrogen) atoms. The molecular formula is C20H19F3N6S2. The van der Waals surface area contributed by atoms with Crippen LogP contribution in [0.4, 0.5) is 24.8 Å². The fourth-order valence-corrected chi connectivity index (χ4v) is 3.41. The molecule has 0 spiro atoms. The van der Waals surface area contributed by atoms with E-state index in [-0.39, 0.29) is 5.11 Å². The van der Waals surface area contributed by atoms with Crippen LogP contribution < -0.4 is 16.0 Å². The molecule has 3 N–H and O–H groups in total. The predicted octanol–water partition coefficient (Wildman–Crippen LogP) is 5.13. The Morgan fingerprint density at radius 3 is 2.32 bits per heavy atom. The molecule has 0 saturated heterocycles. The van der Waals surface area contributed by atoms with Crippen molar-refractivity contribution in [2.24, 2.45) is 4.99 Å². The number of anilines is 2. The summed E-state index contributed by atoms with van der Waals surface area (Å²) in [6.45, 7) is 4.11. The molecule has 0 saturated carbocycles. The Morgan fingerprint density at radius 2 is 1.74 bits per heavy atom. The lowest BCUT2D eigenvalue weighted by molar-refractivity contribution is -0.137. The molecule has 0 aliphatic rings. The van der Waals surface area contributed by atoms with E-state index >= 15 is 0 Å². The molecule has 3 aromatic rings. The lowest BCUT2D eigenvalue weighted by Gasteiger charge is -2.14. The van der Waals surface area contributed by atoms with Gasteiger partial charge < -0.3 is 10.6 Å². The quantitative estimate of drug-likeness (QED) is 0.282. The number of halogens is 3. The highest BCUT2D eigenvalue weighted by atomic mass is 32.1. The van der Waals surface area contributed by atoms with Crippen LogP contribution in [0.5, 0.6) is 0 Å². The molecule has 0 fully saturated rings. The number of nitrogens with one attached hydrogen (secondary N) is 3. The fraction of sp³-hybridized carbons (Fsp3) is 0.200. The Balaban J connectivity index is 1.72. The van der Waals surface area contributed by atoms with E-state index in [1.165, 1.54) is 12.1 Å². The highest BCUT2D eigenvalue weighted by Gasteiger charge is 2.29. The molecule has 0 atom stereocenters. The average molecular weight is 465 g/mol. The summed E-state index contributed by atoms with van der Waals surface area (Å²) < 4.78 is 38.2. The van der Waals surface area contributed by atoms with Crippen LogP contribution in [-0.4, -0.2) is 21.0 Å². The maximum absolute atomic E-state index is 12.7. The third kappa shape index (κ3) is 7.00. The van der Waals surface area contributed by atoms with Gasteiger partial charge in [-0.1, -0.05) is 6.07 Å². The van der Waals surface area contributed by atoms with E-state index in [9.17, 15) is 13.2 Å². The summed E-state index contributed by atoms with van der Waals surface area (Å²) in [7, 11) is 0. The van der Waals surface area contributed by atoms with Gasteiger partial charge in [-0.15, -0.1) is 11.3 Å². The zero-order chi connectivity index (χ0) is 22.4. The number of hydrogen-bond donors (Lipinski definition) is 3. The third-order valence-electron chi connectivity index (χ3n) is 3.89. The summed E-state index contributed by atoms with van der Waals surface area (Å²) in [5, 5.41) is 10.9. The Bertz CT molecular complexity index is 1040. The minimum Gasteiger partial charge on any atom is -0.332 e. The summed E-state index contributed by atoms with van der Waals surface area (Å²) in [5.74, 6) is 0.662. The second-order valence-electron chi connectivity index (χ2n) is 6.50. The number of rotatable bonds is 4. The summed E-state index contributed by atoms with van der Waals surface area (Å²) >= 11 is 6.86. The number of aliphatic imine (C=N–C) groups is 1. The van der Waals surface area contributed by atoms with Crippen LogP contribution in [-0.2, 0) is 12.7 Å². The number of alkyl halides is 3. The van der Waals surface area contributed by atoms with Crippen molar-refractivity contribution in [2.75, 3.05) is 10.6 Å². The lowest BCUT2D eigenvalue weighted by atomic mass is 10.2. The molecule has 0 aliphatic carbocycles. The molecule has 11 heteroatoms. The van der Waals surface area contributed by atoms with Crippen LogP contribution in [0.3, 0.4) is 0 Å². The van der Waals surface area contributed by atoms with Crippen LogP contribution >= 0.6 is 23.6 Å². The first kappa shape index (κ1) is 22.6. The first-order chi connectivity index (χ1) is 14.7. The topological polar surface area (TPSA) is 74.2 Å². The second-order valence-corrected chi connectivity index (χ2v) is 7.94. The van der Waals surface area contributed by atoms with E-state index in [0.717, 1.165) is 28.4 Å². The van der Waals surface area contributed by atoms with Gasteiger partial charge in [-0.05, 0) is 67.8 Å². The van der Waals surface area contributed by atoms with Crippen LogP contribution in [0.15, 0.2) is 52.8 Å². The molecule has 2 aromatic heterocycles. The van der Waals surface area contributed by atoms with Gasteiger partial charge in [-0.3, -0.25) is 5.32 Å². The smallest absolute Gasteiger partial charge is 0.332 e. The Labute approximate surface area is 186 Å². The summed E-state index contributed by atoms with van der Waals surface area (Å²) in [6, 6.07) is 10.3. The molecule has 3 rings (SSSR count). The minimum absolute atomic E-state index is 0.154. The van der Waals surface area contributed by atoms with Gasteiger partial charge in [0.1, 0.15) is 0 Å². The molecule has 0 amide bonds. The molecule has 1 aromatic carbocycles. The van der Waals surface area contributed by atoms with E-state index in [0.29, 0.717) is 24.1 Å². The number of thiocarbonyl (C=S) groups is 1. The number of nitrogens with zero attached hydrogens (tertiary/aromatic N) is 3. The summed E-state index contributed by atoms with van der Waals surface area (Å²) in [4.78, 5) is 14.2. The van der Waals surface area contributed by atoms with Crippen LogP contribution in [0.1, 0.15) is 21.8 Å². The van der Waals surface area contributed by atoms with Gasteiger partial charge in [0.15, 0.2) is 5.11 Å². The van der Waals surface area contributed by atoms with E-state index in [1.54, 1.807) is 11.3 Å². The maximum atomic E-state index is 12.7. The molecular weight excluding hydrogens is 445 g/mol. The van der Waals surface area contributed by atoms with Crippen molar-refractivity contribution >= 4 is 46.3 Å². The van der Waals surface area contributed by atoms with Crippen LogP contribution in [0.2, 0.25) is 0 Å². The number of guanidine groups is 1. The van der Waals surface area contributed by atoms with Crippen molar-refractivity contribution in [3.63, 3.8) is 0 Å². The molecule has 162 valence electrons. The van der Waals surface area contributed by atoms with Gasteiger partial charge in [-0.25, -0.2) is 15.0 Å². The van der Waals surface area contributed by atoms with Gasteiger partial charge in [-0.2, -0.15) is 13.2 Å². The number of aryl methyl sites for hydroxylation is 2. The first-order valence-electron chi connectivity index (χ1n) is 9.10. The van der Waals surface area contributed by atoms with Crippen LogP contribution in [0, 0.1) is 13.8 Å². The Morgan fingerprint density at radius 1 is 1.06 bits per heavy atom.